The zero-order valence-electron chi connectivity index (χ0n) is 10.9. The molecule has 0 aromatic carbocycles. The number of rotatable bonds is 5. The highest BCUT2D eigenvalue weighted by Crippen LogP contribution is 2.08. The molecule has 0 aromatic heterocycles. The van der Waals surface area contributed by atoms with E-state index >= 15 is 0 Å². The van der Waals surface area contributed by atoms with Gasteiger partial charge in [0.2, 0.25) is 5.91 Å². The minimum atomic E-state index is -0.481. The van der Waals surface area contributed by atoms with Crippen LogP contribution in [0.25, 0.3) is 0 Å². The molecule has 0 unspecified atom stereocenters. The highest BCUT2D eigenvalue weighted by Gasteiger charge is 2.16. The van der Waals surface area contributed by atoms with E-state index in [0.29, 0.717) is 12.5 Å². The van der Waals surface area contributed by atoms with Crippen LogP contribution in [0.15, 0.2) is 0 Å². The molecule has 0 heterocycles. The van der Waals surface area contributed by atoms with Crippen molar-refractivity contribution in [3.8, 4) is 0 Å². The van der Waals surface area contributed by atoms with Crippen molar-refractivity contribution in [2.24, 2.45) is 5.92 Å². The molecule has 0 atom stereocenters. The monoisotopic (exact) mass is 229 g/mol. The predicted octanol–water partition coefficient (Wildman–Crippen LogP) is 1.88. The molecule has 0 bridgehead atoms. The number of hydrogen-bond donors (Lipinski definition) is 1. The molecular weight excluding hydrogens is 206 g/mol. The lowest BCUT2D eigenvalue weighted by atomic mass is 10.2. The molecule has 0 saturated heterocycles. The van der Waals surface area contributed by atoms with Gasteiger partial charge >= 0.3 is 5.97 Å². The first-order valence-corrected chi connectivity index (χ1v) is 5.69. The fourth-order valence-electron chi connectivity index (χ4n) is 1.01. The van der Waals surface area contributed by atoms with Crippen molar-refractivity contribution in [1.29, 1.82) is 0 Å². The van der Waals surface area contributed by atoms with Gasteiger partial charge in [-0.05, 0) is 26.7 Å². The Bertz CT molecular complexity index is 241. The Labute approximate surface area is 97.7 Å². The second-order valence-electron chi connectivity index (χ2n) is 5.28. The molecule has 0 radical (unpaired) electrons. The Morgan fingerprint density at radius 1 is 1.19 bits per heavy atom. The molecule has 0 fully saturated rings. The summed E-state index contributed by atoms with van der Waals surface area (Å²) in [6.07, 6.45) is 0.336. The quantitative estimate of drug-likeness (QED) is 0.732. The van der Waals surface area contributed by atoms with E-state index < -0.39 is 5.60 Å². The van der Waals surface area contributed by atoms with Crippen LogP contribution < -0.4 is 5.32 Å². The molecule has 1 amide bonds. The maximum absolute atomic E-state index is 11.3. The average Bonchev–Trinajstić information content (AvgIpc) is 2.08. The second kappa shape index (κ2) is 6.51. The lowest BCUT2D eigenvalue weighted by molar-refractivity contribution is -0.155. The van der Waals surface area contributed by atoms with Crippen molar-refractivity contribution < 1.29 is 14.3 Å². The van der Waals surface area contributed by atoms with Crippen LogP contribution in [0, 0.1) is 5.92 Å². The molecule has 1 N–H and O–H groups in total. The summed E-state index contributed by atoms with van der Waals surface area (Å²) < 4.78 is 5.09. The van der Waals surface area contributed by atoms with Crippen molar-refractivity contribution >= 4 is 11.9 Å². The van der Waals surface area contributed by atoms with Crippen LogP contribution in [0.2, 0.25) is 0 Å². The van der Waals surface area contributed by atoms with Crippen molar-refractivity contribution in [2.45, 2.75) is 53.1 Å². The summed E-state index contributed by atoms with van der Waals surface area (Å²) in [6.45, 7) is 10.1. The Kier molecular flexibility index (Phi) is 6.08. The molecule has 94 valence electrons. The molecule has 0 aliphatic rings. The van der Waals surface area contributed by atoms with Crippen molar-refractivity contribution in [2.75, 3.05) is 6.54 Å². The third-order valence-corrected chi connectivity index (χ3v) is 1.68. The Morgan fingerprint density at radius 3 is 2.19 bits per heavy atom. The first kappa shape index (κ1) is 14.9. The van der Waals surface area contributed by atoms with E-state index in [0.717, 1.165) is 0 Å². The number of esters is 1. The van der Waals surface area contributed by atoms with E-state index in [9.17, 15) is 9.59 Å². The number of amides is 1. The van der Waals surface area contributed by atoms with Crippen molar-refractivity contribution in [3.63, 3.8) is 0 Å². The van der Waals surface area contributed by atoms with Crippen LogP contribution in [0.3, 0.4) is 0 Å². The molecule has 4 heteroatoms. The summed E-state index contributed by atoms with van der Waals surface area (Å²) in [5.41, 5.74) is -0.481. The number of hydrogen-bond acceptors (Lipinski definition) is 3. The number of carbonyl (C=O) groups is 2. The van der Waals surface area contributed by atoms with Gasteiger partial charge in [-0.1, -0.05) is 13.8 Å². The van der Waals surface area contributed by atoms with Crippen LogP contribution in [0.4, 0.5) is 0 Å². The fraction of sp³-hybridized carbons (Fsp3) is 0.833. The van der Waals surface area contributed by atoms with Gasteiger partial charge < -0.3 is 10.1 Å². The van der Waals surface area contributed by atoms with Gasteiger partial charge in [0.25, 0.3) is 0 Å². The lowest BCUT2D eigenvalue weighted by Crippen LogP contribution is -2.29. The topological polar surface area (TPSA) is 55.4 Å². The predicted molar refractivity (Wildman–Crippen MR) is 62.9 cm³/mol. The highest BCUT2D eigenvalue weighted by atomic mass is 16.6. The smallest absolute Gasteiger partial charge is 0.306 e. The number of nitrogens with one attached hydrogen (secondary N) is 1. The largest absolute Gasteiger partial charge is 0.460 e. The van der Waals surface area contributed by atoms with Crippen LogP contribution in [0.1, 0.15) is 47.5 Å². The van der Waals surface area contributed by atoms with E-state index in [-0.39, 0.29) is 24.7 Å². The summed E-state index contributed by atoms with van der Waals surface area (Å²) >= 11 is 0. The standard InChI is InChI=1S/C12H23NO3/c1-9(2)8-13-10(14)6-7-11(15)16-12(3,4)5/h9H,6-8H2,1-5H3,(H,13,14). The maximum Gasteiger partial charge on any atom is 0.306 e. The Balaban J connectivity index is 3.72. The van der Waals surface area contributed by atoms with Crippen LogP contribution in [-0.4, -0.2) is 24.0 Å². The van der Waals surface area contributed by atoms with Gasteiger partial charge in [-0.25, -0.2) is 0 Å². The Hall–Kier alpha value is -1.06. The van der Waals surface area contributed by atoms with Crippen LogP contribution in [-0.2, 0) is 14.3 Å². The molecule has 0 aromatic rings. The van der Waals surface area contributed by atoms with Gasteiger partial charge in [-0.3, -0.25) is 9.59 Å². The summed E-state index contributed by atoms with van der Waals surface area (Å²) in [7, 11) is 0. The third-order valence-electron chi connectivity index (χ3n) is 1.68. The van der Waals surface area contributed by atoms with Gasteiger partial charge in [-0.15, -0.1) is 0 Å². The van der Waals surface area contributed by atoms with Crippen molar-refractivity contribution in [1.82, 2.24) is 5.32 Å². The minimum absolute atomic E-state index is 0.0976. The fourth-order valence-corrected chi connectivity index (χ4v) is 1.01. The van der Waals surface area contributed by atoms with E-state index in [1.165, 1.54) is 0 Å². The van der Waals surface area contributed by atoms with E-state index in [1.54, 1.807) is 0 Å². The number of carbonyl (C=O) groups excluding carboxylic acids is 2. The summed E-state index contributed by atoms with van der Waals surface area (Å²) in [6, 6.07) is 0. The van der Waals surface area contributed by atoms with Crippen LogP contribution >= 0.6 is 0 Å². The van der Waals surface area contributed by atoms with Gasteiger partial charge in [0, 0.05) is 13.0 Å². The first-order valence-electron chi connectivity index (χ1n) is 5.69. The summed E-state index contributed by atoms with van der Waals surface area (Å²) in [5.74, 6) is -0.00256. The van der Waals surface area contributed by atoms with E-state index in [1.807, 2.05) is 34.6 Å². The normalized spacial score (nSPS) is 11.4. The molecule has 0 saturated carbocycles. The third kappa shape index (κ3) is 9.49. The summed E-state index contributed by atoms with van der Waals surface area (Å²) in [4.78, 5) is 22.6. The first-order chi connectivity index (χ1) is 7.20. The molecule has 0 aliphatic heterocycles. The lowest BCUT2D eigenvalue weighted by Gasteiger charge is -2.19. The van der Waals surface area contributed by atoms with Crippen LogP contribution in [0.5, 0.6) is 0 Å². The van der Waals surface area contributed by atoms with E-state index in [2.05, 4.69) is 5.32 Å². The minimum Gasteiger partial charge on any atom is -0.460 e. The molecule has 0 aliphatic carbocycles. The zero-order valence-corrected chi connectivity index (χ0v) is 10.9. The molecule has 16 heavy (non-hydrogen) atoms. The molecular formula is C12H23NO3. The average molecular weight is 229 g/mol. The van der Waals surface area contributed by atoms with Gasteiger partial charge in [-0.2, -0.15) is 0 Å². The SMILES string of the molecule is CC(C)CNC(=O)CCC(=O)OC(C)(C)C. The van der Waals surface area contributed by atoms with Gasteiger partial charge in [0.15, 0.2) is 0 Å². The molecule has 4 nitrogen and oxygen atoms in total. The molecule has 0 rings (SSSR count). The van der Waals surface area contributed by atoms with E-state index in [4.69, 9.17) is 4.74 Å². The zero-order chi connectivity index (χ0) is 12.8. The van der Waals surface area contributed by atoms with Gasteiger partial charge in [0.05, 0.1) is 6.42 Å². The van der Waals surface area contributed by atoms with Crippen molar-refractivity contribution in [3.05, 3.63) is 0 Å². The second-order valence-corrected chi connectivity index (χ2v) is 5.28. The Morgan fingerprint density at radius 2 is 1.75 bits per heavy atom. The molecule has 0 spiro atoms. The van der Waals surface area contributed by atoms with Gasteiger partial charge in [0.1, 0.15) is 5.60 Å². The maximum atomic E-state index is 11.3. The number of ether oxygens (including phenoxy) is 1. The summed E-state index contributed by atoms with van der Waals surface area (Å²) in [5, 5.41) is 2.75. The highest BCUT2D eigenvalue weighted by molar-refractivity contribution is 5.81.